The van der Waals surface area contributed by atoms with Crippen molar-refractivity contribution in [1.29, 1.82) is 0 Å². The summed E-state index contributed by atoms with van der Waals surface area (Å²) in [5.41, 5.74) is 6.93. The van der Waals surface area contributed by atoms with Crippen LogP contribution in [0.15, 0.2) is 72.8 Å². The highest BCUT2D eigenvalue weighted by Gasteiger charge is 2.22. The van der Waals surface area contributed by atoms with Crippen molar-refractivity contribution in [3.05, 3.63) is 83.9 Å². The average Bonchev–Trinajstić information content (AvgIpc) is 3.08. The second-order valence-corrected chi connectivity index (χ2v) is 10.7. The SMILES string of the molecule is COc1cc(-c2ccccc2CN2CCN(Cc3ccccc3-c3cc(OC)c(OC)c(OC)c3)CC2)cc(OC)c1OC. The normalized spacial score (nSPS) is 13.8. The van der Waals surface area contributed by atoms with Crippen LogP contribution in [0.4, 0.5) is 0 Å². The monoisotopic (exact) mass is 598 g/mol. The predicted molar refractivity (Wildman–Crippen MR) is 174 cm³/mol. The summed E-state index contributed by atoms with van der Waals surface area (Å²) in [6.07, 6.45) is 0. The zero-order chi connectivity index (χ0) is 31.1. The van der Waals surface area contributed by atoms with E-state index in [1.807, 2.05) is 24.3 Å². The summed E-state index contributed by atoms with van der Waals surface area (Å²) in [5, 5.41) is 0. The van der Waals surface area contributed by atoms with Gasteiger partial charge in [0.2, 0.25) is 11.5 Å². The highest BCUT2D eigenvalue weighted by molar-refractivity contribution is 5.74. The molecule has 0 spiro atoms. The maximum atomic E-state index is 5.62. The summed E-state index contributed by atoms with van der Waals surface area (Å²) in [6.45, 7) is 5.66. The van der Waals surface area contributed by atoms with Gasteiger partial charge in [-0.2, -0.15) is 0 Å². The van der Waals surface area contributed by atoms with Gasteiger partial charge in [-0.05, 0) is 57.6 Å². The summed E-state index contributed by atoms with van der Waals surface area (Å²) >= 11 is 0. The first-order valence-corrected chi connectivity index (χ1v) is 14.7. The Balaban J connectivity index is 1.30. The fourth-order valence-corrected chi connectivity index (χ4v) is 5.94. The minimum absolute atomic E-state index is 0.596. The molecule has 8 heteroatoms. The Morgan fingerprint density at radius 2 is 0.773 bits per heavy atom. The molecular weight excluding hydrogens is 556 g/mol. The van der Waals surface area contributed by atoms with Gasteiger partial charge in [0.1, 0.15) is 0 Å². The molecule has 232 valence electrons. The molecule has 1 aliphatic heterocycles. The third-order valence-electron chi connectivity index (χ3n) is 8.24. The Labute approximate surface area is 260 Å². The molecule has 1 fully saturated rings. The molecule has 8 nitrogen and oxygen atoms in total. The minimum atomic E-state index is 0.596. The van der Waals surface area contributed by atoms with Gasteiger partial charge >= 0.3 is 0 Å². The number of hydrogen-bond donors (Lipinski definition) is 0. The van der Waals surface area contributed by atoms with Crippen molar-refractivity contribution < 1.29 is 28.4 Å². The van der Waals surface area contributed by atoms with E-state index in [9.17, 15) is 0 Å². The lowest BCUT2D eigenvalue weighted by molar-refractivity contribution is 0.122. The van der Waals surface area contributed by atoms with E-state index < -0.39 is 0 Å². The quantitative estimate of drug-likeness (QED) is 0.186. The maximum Gasteiger partial charge on any atom is 0.203 e. The lowest BCUT2D eigenvalue weighted by Crippen LogP contribution is -2.45. The van der Waals surface area contributed by atoms with Crippen molar-refractivity contribution in [1.82, 2.24) is 9.80 Å². The highest BCUT2D eigenvalue weighted by Crippen LogP contribution is 2.43. The van der Waals surface area contributed by atoms with Crippen molar-refractivity contribution in [2.75, 3.05) is 68.8 Å². The largest absolute Gasteiger partial charge is 0.493 e. The van der Waals surface area contributed by atoms with Gasteiger partial charge in [0.25, 0.3) is 0 Å². The minimum Gasteiger partial charge on any atom is -0.493 e. The second-order valence-electron chi connectivity index (χ2n) is 10.7. The van der Waals surface area contributed by atoms with Crippen LogP contribution in [-0.2, 0) is 13.1 Å². The predicted octanol–water partition coefficient (Wildman–Crippen LogP) is 6.39. The fourth-order valence-electron chi connectivity index (χ4n) is 5.94. The van der Waals surface area contributed by atoms with Gasteiger partial charge in [-0.15, -0.1) is 0 Å². The Morgan fingerprint density at radius 3 is 1.07 bits per heavy atom. The van der Waals surface area contributed by atoms with Crippen LogP contribution < -0.4 is 28.4 Å². The molecule has 5 rings (SSSR count). The lowest BCUT2D eigenvalue weighted by atomic mass is 9.97. The van der Waals surface area contributed by atoms with Crippen LogP contribution >= 0.6 is 0 Å². The molecule has 0 radical (unpaired) electrons. The number of piperazine rings is 1. The Kier molecular flexibility index (Phi) is 10.1. The van der Waals surface area contributed by atoms with Crippen molar-refractivity contribution >= 4 is 0 Å². The molecule has 1 heterocycles. The molecule has 0 aromatic heterocycles. The first-order chi connectivity index (χ1) is 21.5. The van der Waals surface area contributed by atoms with Crippen LogP contribution in [0, 0.1) is 0 Å². The topological polar surface area (TPSA) is 61.9 Å². The second kappa shape index (κ2) is 14.4. The average molecular weight is 599 g/mol. The standard InChI is InChI=1S/C36H42N2O6/c1-39-31-19-27(20-32(40-2)35(31)43-5)29-13-9-7-11-25(29)23-37-15-17-38(18-16-37)24-26-12-8-10-14-30(26)28-21-33(41-3)36(44-6)34(22-28)42-4/h7-14,19-22H,15-18,23-24H2,1-6H3. The van der Waals surface area contributed by atoms with Gasteiger partial charge in [0, 0.05) is 39.3 Å². The Morgan fingerprint density at radius 1 is 0.455 bits per heavy atom. The zero-order valence-corrected chi connectivity index (χ0v) is 26.5. The summed E-state index contributed by atoms with van der Waals surface area (Å²) in [7, 11) is 9.84. The molecule has 0 bridgehead atoms. The van der Waals surface area contributed by atoms with Gasteiger partial charge in [0.05, 0.1) is 42.7 Å². The molecule has 0 saturated carbocycles. The molecule has 0 unspecified atom stereocenters. The van der Waals surface area contributed by atoms with Crippen LogP contribution in [0.1, 0.15) is 11.1 Å². The number of benzene rings is 4. The van der Waals surface area contributed by atoms with Crippen molar-refractivity contribution in [3.63, 3.8) is 0 Å². The summed E-state index contributed by atoms with van der Waals surface area (Å²) in [6, 6.07) is 25.2. The molecule has 4 aromatic rings. The van der Waals surface area contributed by atoms with E-state index in [-0.39, 0.29) is 0 Å². The zero-order valence-electron chi connectivity index (χ0n) is 26.5. The smallest absolute Gasteiger partial charge is 0.203 e. The Bertz CT molecular complexity index is 1400. The molecule has 1 aliphatic rings. The third-order valence-corrected chi connectivity index (χ3v) is 8.24. The third kappa shape index (κ3) is 6.56. The molecular formula is C36H42N2O6. The molecule has 0 atom stereocenters. The van der Waals surface area contributed by atoms with Gasteiger partial charge in [0.15, 0.2) is 23.0 Å². The maximum absolute atomic E-state index is 5.62. The lowest BCUT2D eigenvalue weighted by Gasteiger charge is -2.35. The Hall–Kier alpha value is -4.40. The van der Waals surface area contributed by atoms with Gasteiger partial charge in [-0.3, -0.25) is 9.80 Å². The molecule has 0 N–H and O–H groups in total. The van der Waals surface area contributed by atoms with E-state index in [4.69, 9.17) is 28.4 Å². The van der Waals surface area contributed by atoms with E-state index in [0.29, 0.717) is 34.5 Å². The summed E-state index contributed by atoms with van der Waals surface area (Å²) < 4.78 is 33.6. The van der Waals surface area contributed by atoms with Crippen LogP contribution in [0.3, 0.4) is 0 Å². The molecule has 0 amide bonds. The van der Waals surface area contributed by atoms with E-state index in [1.54, 1.807) is 42.7 Å². The van der Waals surface area contributed by atoms with E-state index >= 15 is 0 Å². The number of nitrogens with zero attached hydrogens (tertiary/aromatic N) is 2. The van der Waals surface area contributed by atoms with E-state index in [2.05, 4.69) is 58.3 Å². The summed E-state index contributed by atoms with van der Waals surface area (Å²) in [4.78, 5) is 5.05. The van der Waals surface area contributed by atoms with E-state index in [0.717, 1.165) is 61.5 Å². The molecule has 44 heavy (non-hydrogen) atoms. The molecule has 1 saturated heterocycles. The number of rotatable bonds is 12. The van der Waals surface area contributed by atoms with Gasteiger partial charge < -0.3 is 28.4 Å². The molecule has 4 aromatic carbocycles. The first kappa shape index (κ1) is 31.0. The molecule has 0 aliphatic carbocycles. The number of methoxy groups -OCH3 is 6. The van der Waals surface area contributed by atoms with Crippen LogP contribution in [0.25, 0.3) is 22.3 Å². The first-order valence-electron chi connectivity index (χ1n) is 14.7. The van der Waals surface area contributed by atoms with Gasteiger partial charge in [-0.25, -0.2) is 0 Å². The van der Waals surface area contributed by atoms with Crippen molar-refractivity contribution in [2.24, 2.45) is 0 Å². The number of ether oxygens (including phenoxy) is 6. The van der Waals surface area contributed by atoms with Crippen LogP contribution in [0.5, 0.6) is 34.5 Å². The fraction of sp³-hybridized carbons (Fsp3) is 0.333. The van der Waals surface area contributed by atoms with E-state index in [1.165, 1.54) is 11.1 Å². The van der Waals surface area contributed by atoms with Crippen LogP contribution in [0.2, 0.25) is 0 Å². The highest BCUT2D eigenvalue weighted by atomic mass is 16.5. The summed E-state index contributed by atoms with van der Waals surface area (Å²) in [5.74, 6) is 3.79. The van der Waals surface area contributed by atoms with Crippen molar-refractivity contribution in [2.45, 2.75) is 13.1 Å². The van der Waals surface area contributed by atoms with Gasteiger partial charge in [-0.1, -0.05) is 48.5 Å². The number of hydrogen-bond acceptors (Lipinski definition) is 8. The van der Waals surface area contributed by atoms with Crippen molar-refractivity contribution in [3.8, 4) is 56.8 Å². The van der Waals surface area contributed by atoms with Crippen LogP contribution in [-0.4, -0.2) is 78.6 Å².